The molecule has 1 saturated carbocycles. The number of carbonyl (C=O) groups is 1. The Bertz CT molecular complexity index is 483. The van der Waals surface area contributed by atoms with Gasteiger partial charge in [-0.25, -0.2) is 0 Å². The minimum absolute atomic E-state index is 0.0195. The second kappa shape index (κ2) is 5.87. The van der Waals surface area contributed by atoms with E-state index < -0.39 is 0 Å². The molecule has 3 rings (SSSR count). The molecule has 2 heterocycles. The normalized spacial score (nSPS) is 28.0. The fourth-order valence-electron chi connectivity index (χ4n) is 3.21. The third-order valence-corrected chi connectivity index (χ3v) is 4.74. The first kappa shape index (κ1) is 14.1. The van der Waals surface area contributed by atoms with E-state index in [9.17, 15) is 9.90 Å². The van der Waals surface area contributed by atoms with Gasteiger partial charge in [0.1, 0.15) is 6.26 Å². The summed E-state index contributed by atoms with van der Waals surface area (Å²) < 4.78 is 5.70. The topological polar surface area (TPSA) is 56.9 Å². The van der Waals surface area contributed by atoms with Crippen LogP contribution < -0.4 is 0 Å². The van der Waals surface area contributed by atoms with E-state index in [-0.39, 0.29) is 18.1 Å². The van der Waals surface area contributed by atoms with Gasteiger partial charge in [-0.3, -0.25) is 9.69 Å². The first-order chi connectivity index (χ1) is 9.65. The first-order valence-corrected chi connectivity index (χ1v) is 7.90. The molecule has 1 amide bonds. The number of nitrogens with zero attached hydrogens (tertiary/aromatic N) is 2. The van der Waals surface area contributed by atoms with Crippen LogP contribution in [0.25, 0.3) is 0 Å². The fraction of sp³-hybridized carbons (Fsp3) is 0.643. The molecule has 1 saturated heterocycles. The van der Waals surface area contributed by atoms with Gasteiger partial charge in [0.2, 0.25) is 0 Å². The predicted octanol–water partition coefficient (Wildman–Crippen LogP) is 1.71. The number of hydrogen-bond donors (Lipinski definition) is 1. The Hall–Kier alpha value is -0.850. The lowest BCUT2D eigenvalue weighted by Gasteiger charge is -2.39. The summed E-state index contributed by atoms with van der Waals surface area (Å²) in [6, 6.07) is 1.99. The highest BCUT2D eigenvalue weighted by Gasteiger charge is 2.33. The highest BCUT2D eigenvalue weighted by atomic mass is 79.9. The van der Waals surface area contributed by atoms with Crippen molar-refractivity contribution < 1.29 is 14.3 Å². The second-order valence-electron chi connectivity index (χ2n) is 5.53. The van der Waals surface area contributed by atoms with Crippen molar-refractivity contribution in [1.82, 2.24) is 9.80 Å². The summed E-state index contributed by atoms with van der Waals surface area (Å²) in [7, 11) is 0. The summed E-state index contributed by atoms with van der Waals surface area (Å²) >= 11 is 3.21. The van der Waals surface area contributed by atoms with E-state index in [1.807, 2.05) is 4.90 Å². The van der Waals surface area contributed by atoms with Gasteiger partial charge in [-0.05, 0) is 35.2 Å². The van der Waals surface area contributed by atoms with Crippen LogP contribution in [0.4, 0.5) is 0 Å². The van der Waals surface area contributed by atoms with Gasteiger partial charge < -0.3 is 14.4 Å². The summed E-state index contributed by atoms with van der Waals surface area (Å²) in [4.78, 5) is 16.5. The summed E-state index contributed by atoms with van der Waals surface area (Å²) in [6.07, 6.45) is 4.38. The highest BCUT2D eigenvalue weighted by molar-refractivity contribution is 9.10. The first-order valence-electron chi connectivity index (χ1n) is 7.10. The zero-order valence-corrected chi connectivity index (χ0v) is 12.9. The van der Waals surface area contributed by atoms with Crippen molar-refractivity contribution in [1.29, 1.82) is 0 Å². The zero-order chi connectivity index (χ0) is 14.1. The number of amides is 1. The van der Waals surface area contributed by atoms with Crippen molar-refractivity contribution in [2.75, 3.05) is 26.2 Å². The molecule has 6 heteroatoms. The van der Waals surface area contributed by atoms with E-state index >= 15 is 0 Å². The molecule has 1 aliphatic carbocycles. The van der Waals surface area contributed by atoms with Gasteiger partial charge in [-0.15, -0.1) is 0 Å². The van der Waals surface area contributed by atoms with Gasteiger partial charge in [0, 0.05) is 38.3 Å². The second-order valence-corrected chi connectivity index (χ2v) is 6.31. The Balaban J connectivity index is 1.57. The summed E-state index contributed by atoms with van der Waals surface area (Å²) in [5.74, 6) is 0.0195. The van der Waals surface area contributed by atoms with Crippen LogP contribution in [0.15, 0.2) is 21.4 Å². The largest absolute Gasteiger partial charge is 0.457 e. The van der Waals surface area contributed by atoms with E-state index in [1.165, 1.54) is 6.26 Å². The van der Waals surface area contributed by atoms with Crippen LogP contribution >= 0.6 is 15.9 Å². The van der Waals surface area contributed by atoms with Gasteiger partial charge >= 0.3 is 0 Å². The molecule has 2 fully saturated rings. The maximum Gasteiger partial charge on any atom is 0.257 e. The van der Waals surface area contributed by atoms with Crippen molar-refractivity contribution in [2.24, 2.45) is 0 Å². The lowest BCUT2D eigenvalue weighted by Crippen LogP contribution is -2.53. The summed E-state index contributed by atoms with van der Waals surface area (Å²) in [6.45, 7) is 3.11. The Morgan fingerprint density at radius 2 is 2.05 bits per heavy atom. The molecule has 20 heavy (non-hydrogen) atoms. The van der Waals surface area contributed by atoms with Gasteiger partial charge in [0.25, 0.3) is 5.91 Å². The van der Waals surface area contributed by atoms with E-state index in [0.29, 0.717) is 23.3 Å². The average molecular weight is 343 g/mol. The van der Waals surface area contributed by atoms with Gasteiger partial charge in [0.05, 0.1) is 11.7 Å². The van der Waals surface area contributed by atoms with Crippen molar-refractivity contribution in [2.45, 2.75) is 31.4 Å². The van der Waals surface area contributed by atoms with E-state index in [1.54, 1.807) is 6.07 Å². The van der Waals surface area contributed by atoms with Gasteiger partial charge in [-0.1, -0.05) is 0 Å². The molecular weight excluding hydrogens is 324 g/mol. The van der Waals surface area contributed by atoms with Gasteiger partial charge in [0.15, 0.2) is 4.67 Å². The van der Waals surface area contributed by atoms with E-state index in [0.717, 1.165) is 32.4 Å². The molecule has 1 aromatic heterocycles. The predicted molar refractivity (Wildman–Crippen MR) is 77.5 cm³/mol. The summed E-state index contributed by atoms with van der Waals surface area (Å²) in [5, 5.41) is 9.96. The maximum atomic E-state index is 12.3. The van der Waals surface area contributed by atoms with Crippen molar-refractivity contribution in [3.8, 4) is 0 Å². The fourth-order valence-corrected chi connectivity index (χ4v) is 3.55. The van der Waals surface area contributed by atoms with Crippen LogP contribution in [0, 0.1) is 0 Å². The molecule has 2 atom stereocenters. The molecule has 0 spiro atoms. The van der Waals surface area contributed by atoms with Crippen molar-refractivity contribution in [3.63, 3.8) is 0 Å². The number of halogens is 1. The number of hydrogen-bond acceptors (Lipinski definition) is 4. The molecule has 5 nitrogen and oxygen atoms in total. The molecule has 0 radical (unpaired) electrons. The average Bonchev–Trinajstić information content (AvgIpc) is 3.07. The number of aliphatic hydroxyl groups is 1. The summed E-state index contributed by atoms with van der Waals surface area (Å²) in [5.41, 5.74) is 0.589. The monoisotopic (exact) mass is 342 g/mol. The molecule has 0 unspecified atom stereocenters. The van der Waals surface area contributed by atoms with Gasteiger partial charge in [-0.2, -0.15) is 0 Å². The number of aliphatic hydroxyl groups excluding tert-OH is 1. The Morgan fingerprint density at radius 3 is 2.60 bits per heavy atom. The lowest BCUT2D eigenvalue weighted by atomic mass is 10.1. The van der Waals surface area contributed by atoms with Crippen LogP contribution in [0.5, 0.6) is 0 Å². The minimum Gasteiger partial charge on any atom is -0.457 e. The number of rotatable bonds is 2. The standard InChI is InChI=1S/C14H19BrN2O3/c15-13-8-10(9-20-13)14(19)17-6-4-16(5-7-17)11-2-1-3-12(11)18/h8-9,11-12,18H,1-7H2/t11-,12+/m0/s1. The molecule has 1 N–H and O–H groups in total. The lowest BCUT2D eigenvalue weighted by molar-refractivity contribution is 0.0315. The molecule has 0 bridgehead atoms. The third kappa shape index (κ3) is 2.77. The van der Waals surface area contributed by atoms with Crippen LogP contribution in [-0.2, 0) is 0 Å². The Morgan fingerprint density at radius 1 is 1.30 bits per heavy atom. The highest BCUT2D eigenvalue weighted by Crippen LogP contribution is 2.25. The number of carbonyl (C=O) groups excluding carboxylic acids is 1. The van der Waals surface area contributed by atoms with Crippen LogP contribution in [0.2, 0.25) is 0 Å². The van der Waals surface area contributed by atoms with Crippen LogP contribution in [-0.4, -0.2) is 59.1 Å². The van der Waals surface area contributed by atoms with E-state index in [4.69, 9.17) is 4.42 Å². The maximum absolute atomic E-state index is 12.3. The molecule has 1 aliphatic heterocycles. The third-order valence-electron chi connectivity index (χ3n) is 4.33. The van der Waals surface area contributed by atoms with Crippen molar-refractivity contribution in [3.05, 3.63) is 22.6 Å². The molecule has 2 aliphatic rings. The smallest absolute Gasteiger partial charge is 0.257 e. The Kier molecular flexibility index (Phi) is 4.14. The van der Waals surface area contributed by atoms with Crippen LogP contribution in [0.3, 0.4) is 0 Å². The molecule has 0 aromatic carbocycles. The van der Waals surface area contributed by atoms with E-state index in [2.05, 4.69) is 20.8 Å². The van der Waals surface area contributed by atoms with Crippen LogP contribution in [0.1, 0.15) is 29.6 Å². The minimum atomic E-state index is -0.193. The number of furan rings is 1. The molecular formula is C14H19BrN2O3. The molecule has 1 aromatic rings. The SMILES string of the molecule is O=C(c1coc(Br)c1)N1CCN([C@H]2CCC[C@H]2O)CC1. The zero-order valence-electron chi connectivity index (χ0n) is 11.3. The van der Waals surface area contributed by atoms with Crippen molar-refractivity contribution >= 4 is 21.8 Å². The quantitative estimate of drug-likeness (QED) is 0.888. The Labute approximate surface area is 126 Å². The number of piperazine rings is 1. The molecule has 110 valence electrons.